The molecule has 1 saturated heterocycles. The van der Waals surface area contributed by atoms with Gasteiger partial charge in [0.1, 0.15) is 11.4 Å². The molecule has 8 heteroatoms. The van der Waals surface area contributed by atoms with Gasteiger partial charge in [-0.05, 0) is 25.0 Å². The molecule has 4 N–H and O–H groups in total. The molecule has 0 radical (unpaired) electrons. The van der Waals surface area contributed by atoms with Crippen molar-refractivity contribution in [1.82, 2.24) is 9.88 Å². The number of carbonyl (C=O) groups is 2. The summed E-state index contributed by atoms with van der Waals surface area (Å²) in [6, 6.07) is 4.71. The second kappa shape index (κ2) is 6.84. The molecule has 0 saturated carbocycles. The maximum absolute atomic E-state index is 12.5. The largest absolute Gasteiger partial charge is 0.497 e. The van der Waals surface area contributed by atoms with Crippen LogP contribution in [0.5, 0.6) is 5.75 Å². The number of methoxy groups -OCH3 is 1. The number of primary amides is 1. The third-order valence-electron chi connectivity index (χ3n) is 4.51. The minimum atomic E-state index is -0.360. The van der Waals surface area contributed by atoms with Gasteiger partial charge in [-0.2, -0.15) is 0 Å². The highest BCUT2D eigenvalue weighted by Gasteiger charge is 2.26. The first kappa shape index (κ1) is 16.8. The highest BCUT2D eigenvalue weighted by molar-refractivity contribution is 5.92. The lowest BCUT2D eigenvalue weighted by atomic mass is 9.96. The maximum atomic E-state index is 12.5. The summed E-state index contributed by atoms with van der Waals surface area (Å²) in [5.41, 5.74) is 5.84. The Morgan fingerprint density at radius 1 is 1.32 bits per heavy atom. The van der Waals surface area contributed by atoms with Crippen LogP contribution in [-0.2, 0) is 4.79 Å². The quantitative estimate of drug-likeness (QED) is 0.777. The van der Waals surface area contributed by atoms with Gasteiger partial charge in [0, 0.05) is 36.7 Å². The number of nitrogens with one attached hydrogen (secondary N) is 2. The zero-order valence-corrected chi connectivity index (χ0v) is 13.9. The van der Waals surface area contributed by atoms with Gasteiger partial charge in [-0.1, -0.05) is 0 Å². The zero-order valence-electron chi connectivity index (χ0n) is 13.9. The predicted molar refractivity (Wildman–Crippen MR) is 93.6 cm³/mol. The van der Waals surface area contributed by atoms with E-state index in [-0.39, 0.29) is 29.0 Å². The Morgan fingerprint density at radius 2 is 2.04 bits per heavy atom. The third kappa shape index (κ3) is 3.42. The first-order valence-electron chi connectivity index (χ1n) is 8.04. The van der Waals surface area contributed by atoms with Crippen LogP contribution in [-0.4, -0.2) is 42.0 Å². The highest BCUT2D eigenvalue weighted by atomic mass is 16.5. The van der Waals surface area contributed by atoms with Gasteiger partial charge >= 0.3 is 6.03 Å². The smallest absolute Gasteiger partial charge is 0.321 e. The van der Waals surface area contributed by atoms with Crippen LogP contribution in [0, 0.1) is 5.92 Å². The summed E-state index contributed by atoms with van der Waals surface area (Å²) in [6.07, 6.45) is 2.55. The summed E-state index contributed by atoms with van der Waals surface area (Å²) in [5, 5.41) is 3.10. The minimum absolute atomic E-state index is 0.180. The van der Waals surface area contributed by atoms with Crippen LogP contribution in [0.3, 0.4) is 0 Å². The van der Waals surface area contributed by atoms with E-state index in [9.17, 15) is 14.4 Å². The van der Waals surface area contributed by atoms with Crippen molar-refractivity contribution >= 4 is 28.5 Å². The number of aromatic nitrogens is 1. The van der Waals surface area contributed by atoms with Gasteiger partial charge in [-0.15, -0.1) is 0 Å². The Kier molecular flexibility index (Phi) is 4.60. The molecular weight excluding hydrogens is 324 g/mol. The van der Waals surface area contributed by atoms with Gasteiger partial charge in [0.2, 0.25) is 11.3 Å². The molecule has 8 nitrogen and oxygen atoms in total. The van der Waals surface area contributed by atoms with Crippen LogP contribution in [0.15, 0.2) is 29.2 Å². The van der Waals surface area contributed by atoms with Crippen molar-refractivity contribution in [3.63, 3.8) is 0 Å². The summed E-state index contributed by atoms with van der Waals surface area (Å²) < 4.78 is 5.13. The van der Waals surface area contributed by atoms with Crippen LogP contribution in [0.4, 0.5) is 10.5 Å². The van der Waals surface area contributed by atoms with Crippen LogP contribution >= 0.6 is 0 Å². The van der Waals surface area contributed by atoms with E-state index >= 15 is 0 Å². The summed E-state index contributed by atoms with van der Waals surface area (Å²) in [5.74, 6) is 0.113. The monoisotopic (exact) mass is 344 g/mol. The second-order valence-corrected chi connectivity index (χ2v) is 6.04. The van der Waals surface area contributed by atoms with Crippen LogP contribution in [0.25, 0.3) is 10.9 Å². The lowest BCUT2D eigenvalue weighted by molar-refractivity contribution is -0.122. The fourth-order valence-electron chi connectivity index (χ4n) is 2.98. The van der Waals surface area contributed by atoms with E-state index in [0.717, 1.165) is 0 Å². The molecule has 1 aliphatic heterocycles. The first-order valence-corrected chi connectivity index (χ1v) is 8.04. The zero-order chi connectivity index (χ0) is 18.0. The Morgan fingerprint density at radius 3 is 2.68 bits per heavy atom. The number of benzene rings is 1. The van der Waals surface area contributed by atoms with E-state index in [1.54, 1.807) is 30.2 Å². The summed E-state index contributed by atoms with van der Waals surface area (Å²) in [7, 11) is 1.55. The van der Waals surface area contributed by atoms with Crippen molar-refractivity contribution < 1.29 is 14.3 Å². The third-order valence-corrected chi connectivity index (χ3v) is 4.51. The van der Waals surface area contributed by atoms with Crippen LogP contribution < -0.4 is 21.2 Å². The number of likely N-dealkylation sites (tertiary alicyclic amines) is 1. The summed E-state index contributed by atoms with van der Waals surface area (Å²) in [6.45, 7) is 0.865. The van der Waals surface area contributed by atoms with E-state index in [1.807, 2.05) is 0 Å². The number of aromatic amines is 1. The lowest BCUT2D eigenvalue weighted by Gasteiger charge is -2.30. The Balaban J connectivity index is 1.75. The number of hydrogen-bond acceptors (Lipinski definition) is 4. The number of H-pyrrole nitrogens is 1. The molecule has 0 spiro atoms. The van der Waals surface area contributed by atoms with E-state index in [0.29, 0.717) is 42.6 Å². The molecule has 0 aliphatic carbocycles. The Bertz CT molecular complexity index is 869. The number of hydrogen-bond donors (Lipinski definition) is 3. The maximum Gasteiger partial charge on any atom is 0.321 e. The van der Waals surface area contributed by atoms with Gasteiger partial charge < -0.3 is 25.7 Å². The molecule has 1 aromatic heterocycles. The number of pyridine rings is 1. The molecule has 2 heterocycles. The number of rotatable bonds is 3. The van der Waals surface area contributed by atoms with Gasteiger partial charge in [0.25, 0.3) is 0 Å². The number of nitrogens with zero attached hydrogens (tertiary/aromatic N) is 1. The fourth-order valence-corrected chi connectivity index (χ4v) is 2.98. The number of carbonyl (C=O) groups excluding carboxylic acids is 2. The molecule has 2 aromatic rings. The van der Waals surface area contributed by atoms with E-state index in [2.05, 4.69) is 10.3 Å². The molecule has 1 aromatic carbocycles. The Labute approximate surface area is 143 Å². The standard InChI is InChI=1S/C17H20N4O4/c1-25-11-2-3-12-13(8-11)19-9-14(15(12)22)20-17(24)21-6-4-10(5-7-21)16(18)23/h2-3,8-10H,4-7H2,1H3,(H2,18,23)(H,19,22)(H,20,24). The Hall–Kier alpha value is -3.03. The number of ether oxygens (including phenoxy) is 1. The molecule has 3 rings (SSSR count). The molecule has 132 valence electrons. The first-order chi connectivity index (χ1) is 12.0. The van der Waals surface area contributed by atoms with E-state index in [1.165, 1.54) is 6.20 Å². The predicted octanol–water partition coefficient (Wildman–Crippen LogP) is 1.27. The van der Waals surface area contributed by atoms with E-state index in [4.69, 9.17) is 10.5 Å². The number of nitrogens with two attached hydrogens (primary N) is 1. The molecule has 0 bridgehead atoms. The van der Waals surface area contributed by atoms with Crippen LogP contribution in [0.1, 0.15) is 12.8 Å². The van der Waals surface area contributed by atoms with Crippen molar-refractivity contribution in [2.75, 3.05) is 25.5 Å². The van der Waals surface area contributed by atoms with Crippen molar-refractivity contribution in [2.24, 2.45) is 11.7 Å². The van der Waals surface area contributed by atoms with Crippen molar-refractivity contribution in [2.45, 2.75) is 12.8 Å². The average Bonchev–Trinajstić information content (AvgIpc) is 2.63. The average molecular weight is 344 g/mol. The normalized spacial score (nSPS) is 15.2. The molecule has 3 amide bonds. The summed E-state index contributed by atoms with van der Waals surface area (Å²) >= 11 is 0. The highest BCUT2D eigenvalue weighted by Crippen LogP contribution is 2.19. The van der Waals surface area contributed by atoms with Gasteiger partial charge in [-0.25, -0.2) is 4.79 Å². The number of fused-ring (bicyclic) bond motifs is 1. The number of piperidine rings is 1. The topological polar surface area (TPSA) is 118 Å². The summed E-state index contributed by atoms with van der Waals surface area (Å²) in [4.78, 5) is 40.6. The molecule has 1 aliphatic rings. The molecule has 0 atom stereocenters. The fraction of sp³-hybridized carbons (Fsp3) is 0.353. The van der Waals surface area contributed by atoms with Gasteiger partial charge in [-0.3, -0.25) is 9.59 Å². The van der Waals surface area contributed by atoms with Crippen molar-refractivity contribution in [1.29, 1.82) is 0 Å². The lowest BCUT2D eigenvalue weighted by Crippen LogP contribution is -2.44. The number of anilines is 1. The number of amides is 3. The second-order valence-electron chi connectivity index (χ2n) is 6.04. The van der Waals surface area contributed by atoms with Gasteiger partial charge in [0.05, 0.1) is 12.6 Å². The molecule has 25 heavy (non-hydrogen) atoms. The van der Waals surface area contributed by atoms with Gasteiger partial charge in [0.15, 0.2) is 0 Å². The minimum Gasteiger partial charge on any atom is -0.497 e. The van der Waals surface area contributed by atoms with Crippen molar-refractivity contribution in [3.8, 4) is 5.75 Å². The van der Waals surface area contributed by atoms with E-state index < -0.39 is 0 Å². The van der Waals surface area contributed by atoms with Crippen molar-refractivity contribution in [3.05, 3.63) is 34.6 Å². The SMILES string of the molecule is COc1ccc2c(=O)c(NC(=O)N3CCC(C(N)=O)CC3)c[nH]c2c1. The molecular formula is C17H20N4O4. The number of urea groups is 1. The molecule has 1 fully saturated rings. The molecule has 0 unspecified atom stereocenters. The van der Waals surface area contributed by atoms with Crippen LogP contribution in [0.2, 0.25) is 0 Å².